The van der Waals surface area contributed by atoms with E-state index < -0.39 is 11.7 Å². The number of carbonyl (C=O) groups excluding carboxylic acids is 1. The fourth-order valence-corrected chi connectivity index (χ4v) is 6.30. The Bertz CT molecular complexity index is 1140. The van der Waals surface area contributed by atoms with E-state index in [2.05, 4.69) is 35.0 Å². The van der Waals surface area contributed by atoms with Crippen molar-refractivity contribution in [3.05, 3.63) is 58.6 Å². The van der Waals surface area contributed by atoms with Gasteiger partial charge < -0.3 is 31.1 Å². The first-order valence-electron chi connectivity index (χ1n) is 14.2. The van der Waals surface area contributed by atoms with Crippen molar-refractivity contribution in [1.29, 1.82) is 0 Å². The van der Waals surface area contributed by atoms with E-state index in [0.717, 1.165) is 61.9 Å². The van der Waals surface area contributed by atoms with Gasteiger partial charge in [-0.1, -0.05) is 54.9 Å². The van der Waals surface area contributed by atoms with E-state index in [0.29, 0.717) is 31.0 Å². The smallest absolute Gasteiger partial charge is 0.404 e. The van der Waals surface area contributed by atoms with Crippen LogP contribution in [0.3, 0.4) is 0 Å². The number of amides is 3. The van der Waals surface area contributed by atoms with Crippen molar-refractivity contribution in [2.75, 3.05) is 32.7 Å². The molecule has 0 unspecified atom stereocenters. The highest BCUT2D eigenvalue weighted by Gasteiger charge is 2.43. The number of nitrogens with zero attached hydrogens (tertiary/aromatic N) is 1. The zero-order chi connectivity index (χ0) is 27.8. The van der Waals surface area contributed by atoms with Crippen molar-refractivity contribution < 1.29 is 19.8 Å². The lowest BCUT2D eigenvalue weighted by Gasteiger charge is -2.44. The summed E-state index contributed by atoms with van der Waals surface area (Å²) in [4.78, 5) is 26.1. The Morgan fingerprint density at radius 2 is 1.92 bits per heavy atom. The molecular formula is C30H41ClN4O4. The molecule has 0 bridgehead atoms. The van der Waals surface area contributed by atoms with Gasteiger partial charge in [0.05, 0.1) is 5.60 Å². The first-order chi connectivity index (χ1) is 18.8. The standard InChI is InChI=1S/C30H41ClN4O4/c1-2-21-7-3-8-22(19-21)27-25(10-4-11-26(27)31)30(39,14-6-15-33-29(37)38)23-9-5-18-35(20-23)28(36)34-24-12-16-32-17-13-24/h3-4,7-8,10-11,19,23-24,32-33,39H,2,5-6,9,12-18,20H2,1H3,(H,34,36)(H,37,38)/t23-,30+/m1/s1. The molecule has 2 atom stereocenters. The number of nitrogens with one attached hydrogen (secondary N) is 3. The molecule has 2 aromatic carbocycles. The lowest BCUT2D eigenvalue weighted by Crippen LogP contribution is -2.53. The Morgan fingerprint density at radius 1 is 1.15 bits per heavy atom. The molecule has 4 rings (SSSR count). The third-order valence-electron chi connectivity index (χ3n) is 8.17. The number of likely N-dealkylation sites (tertiary alicyclic amines) is 1. The summed E-state index contributed by atoms with van der Waals surface area (Å²) in [7, 11) is 0. The highest BCUT2D eigenvalue weighted by molar-refractivity contribution is 6.33. The van der Waals surface area contributed by atoms with Gasteiger partial charge in [-0.2, -0.15) is 0 Å². The molecule has 2 aliphatic heterocycles. The maximum Gasteiger partial charge on any atom is 0.404 e. The Hall–Kier alpha value is -2.81. The van der Waals surface area contributed by atoms with Crippen molar-refractivity contribution in [3.63, 3.8) is 0 Å². The van der Waals surface area contributed by atoms with Gasteiger partial charge in [0.25, 0.3) is 0 Å². The monoisotopic (exact) mass is 556 g/mol. The molecule has 0 aliphatic carbocycles. The van der Waals surface area contributed by atoms with E-state index in [1.54, 1.807) is 0 Å². The molecule has 2 heterocycles. The van der Waals surface area contributed by atoms with Crippen molar-refractivity contribution in [3.8, 4) is 11.1 Å². The summed E-state index contributed by atoms with van der Waals surface area (Å²) >= 11 is 6.81. The molecule has 2 aliphatic rings. The average molecular weight is 557 g/mol. The van der Waals surface area contributed by atoms with Crippen LogP contribution in [-0.4, -0.2) is 66.0 Å². The van der Waals surface area contributed by atoms with E-state index in [1.165, 1.54) is 5.56 Å². The minimum Gasteiger partial charge on any atom is -0.465 e. The van der Waals surface area contributed by atoms with Crippen molar-refractivity contribution >= 4 is 23.7 Å². The van der Waals surface area contributed by atoms with E-state index in [9.17, 15) is 14.7 Å². The third kappa shape index (κ3) is 7.24. The maximum absolute atomic E-state index is 13.2. The summed E-state index contributed by atoms with van der Waals surface area (Å²) in [5.41, 5.74) is 2.32. The maximum atomic E-state index is 13.2. The Kier molecular flexibility index (Phi) is 10.1. The van der Waals surface area contributed by atoms with Crippen LogP contribution in [0.15, 0.2) is 42.5 Å². The molecule has 0 saturated carbocycles. The number of carboxylic acid groups (broad SMARTS) is 1. The second-order valence-electron chi connectivity index (χ2n) is 10.7. The van der Waals surface area contributed by atoms with Crippen molar-refractivity contribution in [2.24, 2.45) is 5.92 Å². The van der Waals surface area contributed by atoms with Crippen LogP contribution in [0.25, 0.3) is 11.1 Å². The van der Waals surface area contributed by atoms with Gasteiger partial charge >= 0.3 is 12.1 Å². The third-order valence-corrected chi connectivity index (χ3v) is 8.48. The molecule has 2 saturated heterocycles. The summed E-state index contributed by atoms with van der Waals surface area (Å²) < 4.78 is 0. The van der Waals surface area contributed by atoms with Crippen LogP contribution in [0.1, 0.15) is 56.6 Å². The molecule has 3 amide bonds. The molecule has 0 aromatic heterocycles. The van der Waals surface area contributed by atoms with Crippen molar-refractivity contribution in [2.45, 2.75) is 63.5 Å². The number of aliphatic hydroxyl groups is 1. The van der Waals surface area contributed by atoms with Crippen LogP contribution in [0.5, 0.6) is 0 Å². The van der Waals surface area contributed by atoms with Gasteiger partial charge in [0, 0.05) is 42.2 Å². The van der Waals surface area contributed by atoms with E-state index >= 15 is 0 Å². The normalized spacial score (nSPS) is 19.8. The highest BCUT2D eigenvalue weighted by atomic mass is 35.5. The minimum absolute atomic E-state index is 0.0801. The number of carbonyl (C=O) groups is 2. The predicted molar refractivity (Wildman–Crippen MR) is 154 cm³/mol. The SMILES string of the molecule is CCc1cccc(-c2c(Cl)cccc2[C@](O)(CCCNC(=O)O)[C@@H]2CCCN(C(=O)NC3CCNCC3)C2)c1. The number of aryl methyl sites for hydroxylation is 1. The van der Waals surface area contributed by atoms with Crippen LogP contribution in [0, 0.1) is 5.92 Å². The summed E-state index contributed by atoms with van der Waals surface area (Å²) in [6.07, 6.45) is 3.92. The Morgan fingerprint density at radius 3 is 2.67 bits per heavy atom. The summed E-state index contributed by atoms with van der Waals surface area (Å²) in [5.74, 6) is -0.235. The molecule has 5 N–H and O–H groups in total. The Balaban J connectivity index is 1.65. The van der Waals surface area contributed by atoms with Crippen LogP contribution in [0.4, 0.5) is 9.59 Å². The molecule has 2 fully saturated rings. The van der Waals surface area contributed by atoms with Crippen molar-refractivity contribution in [1.82, 2.24) is 20.9 Å². The zero-order valence-electron chi connectivity index (χ0n) is 22.7. The molecule has 8 nitrogen and oxygen atoms in total. The Labute approximate surface area is 236 Å². The summed E-state index contributed by atoms with van der Waals surface area (Å²) in [5, 5.41) is 31.1. The number of halogens is 1. The fraction of sp³-hybridized carbons (Fsp3) is 0.533. The number of benzene rings is 2. The second kappa shape index (κ2) is 13.5. The van der Waals surface area contributed by atoms with E-state index in [1.807, 2.05) is 35.2 Å². The van der Waals surface area contributed by atoms with Crippen LogP contribution in [-0.2, 0) is 12.0 Å². The first kappa shape index (κ1) is 29.2. The highest BCUT2D eigenvalue weighted by Crippen LogP contribution is 2.45. The molecule has 0 spiro atoms. The van der Waals surface area contributed by atoms with Gasteiger partial charge in [-0.05, 0) is 80.8 Å². The zero-order valence-corrected chi connectivity index (χ0v) is 23.5. The summed E-state index contributed by atoms with van der Waals surface area (Å²) in [6.45, 7) is 5.18. The van der Waals surface area contributed by atoms with Gasteiger partial charge in [0.15, 0.2) is 0 Å². The summed E-state index contributed by atoms with van der Waals surface area (Å²) in [6, 6.07) is 13.9. The minimum atomic E-state index is -1.31. The van der Waals surface area contributed by atoms with Crippen LogP contribution in [0.2, 0.25) is 5.02 Å². The van der Waals surface area contributed by atoms with Gasteiger partial charge in [-0.15, -0.1) is 0 Å². The van der Waals surface area contributed by atoms with Gasteiger partial charge in [-0.25, -0.2) is 9.59 Å². The molecule has 9 heteroatoms. The van der Waals surface area contributed by atoms with E-state index in [-0.39, 0.29) is 24.5 Å². The molecule has 39 heavy (non-hydrogen) atoms. The quantitative estimate of drug-likeness (QED) is 0.280. The fourth-order valence-electron chi connectivity index (χ4n) is 6.02. The molecular weight excluding hydrogens is 516 g/mol. The first-order valence-corrected chi connectivity index (χ1v) is 14.5. The number of piperidine rings is 2. The molecule has 0 radical (unpaired) electrons. The van der Waals surface area contributed by atoms with Crippen LogP contribution >= 0.6 is 11.6 Å². The second-order valence-corrected chi connectivity index (χ2v) is 11.1. The number of urea groups is 1. The topological polar surface area (TPSA) is 114 Å². The lowest BCUT2D eigenvalue weighted by molar-refractivity contribution is -0.0548. The van der Waals surface area contributed by atoms with Crippen LogP contribution < -0.4 is 16.0 Å². The van der Waals surface area contributed by atoms with Gasteiger partial charge in [0.2, 0.25) is 0 Å². The number of rotatable bonds is 9. The largest absolute Gasteiger partial charge is 0.465 e. The average Bonchev–Trinajstić information content (AvgIpc) is 2.95. The number of hydrogen-bond acceptors (Lipinski definition) is 4. The number of hydrogen-bond donors (Lipinski definition) is 5. The van der Waals surface area contributed by atoms with E-state index in [4.69, 9.17) is 16.7 Å². The molecule has 212 valence electrons. The lowest BCUT2D eigenvalue weighted by atomic mass is 9.72. The predicted octanol–water partition coefficient (Wildman–Crippen LogP) is 4.98. The molecule has 2 aromatic rings. The van der Waals surface area contributed by atoms with Gasteiger partial charge in [-0.3, -0.25) is 0 Å². The van der Waals surface area contributed by atoms with Gasteiger partial charge in [0.1, 0.15) is 0 Å².